The largest absolute Gasteiger partial charge is 0.475 e. The van der Waals surface area contributed by atoms with Crippen molar-refractivity contribution in [3.8, 4) is 11.1 Å². The minimum Gasteiger partial charge on any atom is -0.475 e. The molecule has 0 atom stereocenters. The second-order valence-electron chi connectivity index (χ2n) is 8.76. The summed E-state index contributed by atoms with van der Waals surface area (Å²) in [5.74, 6) is 0.0286. The lowest BCUT2D eigenvalue weighted by molar-refractivity contribution is 0.0662. The van der Waals surface area contributed by atoms with E-state index in [1.165, 1.54) is 60.8 Å². The van der Waals surface area contributed by atoms with E-state index >= 15 is 0 Å². The Balaban J connectivity index is 0.000000257. The molecule has 6 rings (SSSR count). The van der Waals surface area contributed by atoms with Crippen molar-refractivity contribution in [3.63, 3.8) is 0 Å². The smallest absolute Gasteiger partial charge is 0.371 e. The van der Waals surface area contributed by atoms with E-state index in [0.717, 1.165) is 42.4 Å². The van der Waals surface area contributed by atoms with Gasteiger partial charge in [-0.25, -0.2) is 14.8 Å². The average molecular weight is 457 g/mol. The number of furan rings is 1. The molecule has 0 amide bonds. The summed E-state index contributed by atoms with van der Waals surface area (Å²) >= 11 is 0. The Bertz CT molecular complexity index is 1260. The third-order valence-electron chi connectivity index (χ3n) is 6.18. The van der Waals surface area contributed by atoms with E-state index in [9.17, 15) is 4.79 Å². The third-order valence-corrected chi connectivity index (χ3v) is 6.18. The number of carbonyl (C=O) groups is 1. The molecule has 34 heavy (non-hydrogen) atoms. The molecule has 174 valence electrons. The van der Waals surface area contributed by atoms with Crippen LogP contribution in [0.2, 0.25) is 0 Å². The van der Waals surface area contributed by atoms with Crippen molar-refractivity contribution >= 4 is 22.7 Å². The molecule has 4 aromatic rings. The molecular weight excluding hydrogens is 428 g/mol. The summed E-state index contributed by atoms with van der Waals surface area (Å²) in [6, 6.07) is 19.1. The summed E-state index contributed by atoms with van der Waals surface area (Å²) in [6.07, 6.45) is 8.17. The Hall–Kier alpha value is -3.71. The van der Waals surface area contributed by atoms with Crippen LogP contribution in [0.25, 0.3) is 22.0 Å². The molecule has 0 spiro atoms. The van der Waals surface area contributed by atoms with Gasteiger partial charge in [0.2, 0.25) is 5.76 Å². The minimum absolute atomic E-state index is 0.0231. The second kappa shape index (κ2) is 10.1. The molecule has 2 N–H and O–H groups in total. The second-order valence-corrected chi connectivity index (χ2v) is 8.76. The maximum Gasteiger partial charge on any atom is 0.371 e. The van der Waals surface area contributed by atoms with E-state index in [0.29, 0.717) is 0 Å². The van der Waals surface area contributed by atoms with Crippen molar-refractivity contribution in [2.24, 2.45) is 0 Å². The van der Waals surface area contributed by atoms with Gasteiger partial charge in [-0.3, -0.25) is 0 Å². The average Bonchev–Trinajstić information content (AvgIpc) is 3.28. The Morgan fingerprint density at radius 2 is 1.85 bits per heavy atom. The number of carboxylic acids is 1. The normalized spacial score (nSPS) is 15.2. The molecule has 0 unspecified atom stereocenters. The van der Waals surface area contributed by atoms with E-state index in [1.54, 1.807) is 6.33 Å². The van der Waals surface area contributed by atoms with Crippen LogP contribution in [0.3, 0.4) is 0 Å². The topological polar surface area (TPSA) is 91.5 Å². The number of rotatable bonds is 6. The zero-order valence-electron chi connectivity index (χ0n) is 19.0. The van der Waals surface area contributed by atoms with Crippen LogP contribution >= 0.6 is 0 Å². The molecule has 7 heteroatoms. The number of nitrogens with one attached hydrogen (secondary N) is 1. The Morgan fingerprint density at radius 3 is 2.56 bits per heavy atom. The van der Waals surface area contributed by atoms with Crippen LogP contribution in [0, 0.1) is 0 Å². The van der Waals surface area contributed by atoms with Gasteiger partial charge in [0, 0.05) is 31.1 Å². The van der Waals surface area contributed by atoms with Crippen molar-refractivity contribution in [2.75, 3.05) is 18.0 Å². The zero-order valence-corrected chi connectivity index (χ0v) is 19.0. The third kappa shape index (κ3) is 5.26. The summed E-state index contributed by atoms with van der Waals surface area (Å²) in [7, 11) is 0. The molecular formula is C27H28N4O3. The Morgan fingerprint density at radius 1 is 1.03 bits per heavy atom. The van der Waals surface area contributed by atoms with Gasteiger partial charge in [-0.1, -0.05) is 24.3 Å². The molecule has 2 aromatic carbocycles. The first-order chi connectivity index (χ1) is 16.7. The number of aromatic carboxylic acids is 1. The SMILES string of the molecule is O=C(O)c1ccco1.c1cc(CNC2CC2)cc(-c2ccc3ncnc(N4CCCC4)c3c2)c1. The number of aromatic nitrogens is 2. The summed E-state index contributed by atoms with van der Waals surface area (Å²) < 4.78 is 4.50. The molecule has 2 fully saturated rings. The Kier molecular flexibility index (Phi) is 6.53. The number of fused-ring (bicyclic) bond motifs is 1. The van der Waals surface area contributed by atoms with Crippen molar-refractivity contribution < 1.29 is 14.3 Å². The van der Waals surface area contributed by atoms with Crippen molar-refractivity contribution in [3.05, 3.63) is 78.5 Å². The van der Waals surface area contributed by atoms with Gasteiger partial charge in [-0.05, 0) is 72.7 Å². The highest BCUT2D eigenvalue weighted by atomic mass is 16.4. The summed E-state index contributed by atoms with van der Waals surface area (Å²) in [5, 5.41) is 12.9. The fourth-order valence-electron chi connectivity index (χ4n) is 4.21. The molecule has 1 saturated carbocycles. The van der Waals surface area contributed by atoms with Gasteiger partial charge in [-0.2, -0.15) is 0 Å². The number of hydrogen-bond donors (Lipinski definition) is 2. The maximum absolute atomic E-state index is 9.97. The van der Waals surface area contributed by atoms with Crippen LogP contribution in [0.4, 0.5) is 5.82 Å². The van der Waals surface area contributed by atoms with Crippen molar-refractivity contribution in [2.45, 2.75) is 38.3 Å². The van der Waals surface area contributed by atoms with Gasteiger partial charge in [0.05, 0.1) is 11.8 Å². The van der Waals surface area contributed by atoms with E-state index in [4.69, 9.17) is 5.11 Å². The number of hydrogen-bond acceptors (Lipinski definition) is 6. The van der Waals surface area contributed by atoms with E-state index < -0.39 is 5.97 Å². The van der Waals surface area contributed by atoms with Gasteiger partial charge in [0.1, 0.15) is 12.1 Å². The Labute approximate surface area is 198 Å². The lowest BCUT2D eigenvalue weighted by Crippen LogP contribution is -2.19. The summed E-state index contributed by atoms with van der Waals surface area (Å²) in [4.78, 5) is 21.4. The molecule has 1 aliphatic heterocycles. The molecule has 2 aromatic heterocycles. The fourth-order valence-corrected chi connectivity index (χ4v) is 4.21. The minimum atomic E-state index is -1.03. The first-order valence-electron chi connectivity index (χ1n) is 11.8. The van der Waals surface area contributed by atoms with E-state index in [2.05, 4.69) is 67.1 Å². The number of nitrogens with zero attached hydrogens (tertiary/aromatic N) is 3. The summed E-state index contributed by atoms with van der Waals surface area (Å²) in [5.41, 5.74) is 4.87. The van der Waals surface area contributed by atoms with Gasteiger partial charge in [-0.15, -0.1) is 0 Å². The number of benzene rings is 2. The predicted octanol–water partition coefficient (Wildman–Crippen LogP) is 5.13. The van der Waals surface area contributed by atoms with Gasteiger partial charge < -0.3 is 19.7 Å². The van der Waals surface area contributed by atoms with Crippen molar-refractivity contribution in [1.29, 1.82) is 0 Å². The molecule has 1 saturated heterocycles. The van der Waals surface area contributed by atoms with Crippen molar-refractivity contribution in [1.82, 2.24) is 15.3 Å². The van der Waals surface area contributed by atoms with Crippen LogP contribution in [0.1, 0.15) is 41.8 Å². The van der Waals surface area contributed by atoms with Crippen LogP contribution in [0.5, 0.6) is 0 Å². The van der Waals surface area contributed by atoms with E-state index in [-0.39, 0.29) is 5.76 Å². The first kappa shape index (κ1) is 22.1. The molecule has 7 nitrogen and oxygen atoms in total. The standard InChI is InChI=1S/C22H24N4.C5H4O3/c1-2-11-26(10-1)22-20-13-18(6-9-21(20)24-15-25-22)17-5-3-4-16(12-17)14-23-19-7-8-19;6-5(7)4-2-1-3-8-4/h3-6,9,12-13,15,19,23H,1-2,7-8,10-11,14H2;1-3H,(H,6,7). The molecule has 3 heterocycles. The predicted molar refractivity (Wildman–Crippen MR) is 132 cm³/mol. The monoisotopic (exact) mass is 456 g/mol. The van der Waals surface area contributed by atoms with Crippen LogP contribution < -0.4 is 10.2 Å². The summed E-state index contributed by atoms with van der Waals surface area (Å²) in [6.45, 7) is 3.14. The highest BCUT2D eigenvalue weighted by Gasteiger charge is 2.20. The quantitative estimate of drug-likeness (QED) is 0.416. The molecule has 0 radical (unpaired) electrons. The van der Waals surface area contributed by atoms with Gasteiger partial charge in [0.25, 0.3) is 0 Å². The van der Waals surface area contributed by atoms with Crippen LogP contribution in [0.15, 0.2) is 71.6 Å². The molecule has 0 bridgehead atoms. The number of anilines is 1. The molecule has 1 aliphatic carbocycles. The first-order valence-corrected chi connectivity index (χ1v) is 11.8. The maximum atomic E-state index is 9.97. The zero-order chi connectivity index (χ0) is 23.3. The van der Waals surface area contributed by atoms with Gasteiger partial charge in [0.15, 0.2) is 0 Å². The fraction of sp³-hybridized carbons (Fsp3) is 0.296. The van der Waals surface area contributed by atoms with Crippen LogP contribution in [-0.2, 0) is 6.54 Å². The van der Waals surface area contributed by atoms with Gasteiger partial charge >= 0.3 is 5.97 Å². The lowest BCUT2D eigenvalue weighted by atomic mass is 10.0. The lowest BCUT2D eigenvalue weighted by Gasteiger charge is -2.18. The molecule has 2 aliphatic rings. The van der Waals surface area contributed by atoms with Crippen LogP contribution in [-0.4, -0.2) is 40.2 Å². The number of carboxylic acid groups (broad SMARTS) is 1. The highest BCUT2D eigenvalue weighted by molar-refractivity contribution is 5.93. The van der Waals surface area contributed by atoms with E-state index in [1.807, 2.05) is 0 Å². The highest BCUT2D eigenvalue weighted by Crippen LogP contribution is 2.30.